The quantitative estimate of drug-likeness (QED) is 0.862. The lowest BCUT2D eigenvalue weighted by Crippen LogP contribution is -2.31. The molecule has 2 aromatic rings. The van der Waals surface area contributed by atoms with Gasteiger partial charge in [0.25, 0.3) is 0 Å². The van der Waals surface area contributed by atoms with Gasteiger partial charge in [-0.25, -0.2) is 9.07 Å². The fraction of sp³-hybridized carbons (Fsp3) is 0.389. The van der Waals surface area contributed by atoms with Crippen LogP contribution in [0.4, 0.5) is 4.39 Å². The van der Waals surface area contributed by atoms with Gasteiger partial charge in [-0.05, 0) is 42.3 Å². The number of benzene rings is 1. The molecule has 7 heteroatoms. The van der Waals surface area contributed by atoms with Crippen molar-refractivity contribution in [2.75, 3.05) is 0 Å². The first kappa shape index (κ1) is 17.3. The summed E-state index contributed by atoms with van der Waals surface area (Å²) in [6, 6.07) is 5.96. The number of hydrogen-bond donors (Lipinski definition) is 1. The monoisotopic (exact) mass is 345 g/mol. The molecule has 0 amide bonds. The van der Waals surface area contributed by atoms with Gasteiger partial charge in [0.2, 0.25) is 0 Å². The van der Waals surface area contributed by atoms with Crippen molar-refractivity contribution in [2.24, 2.45) is 0 Å². The maximum Gasteiger partial charge on any atom is 0.309 e. The Morgan fingerprint density at radius 1 is 1.36 bits per heavy atom. The molecular weight excluding hydrogens is 325 g/mol. The third kappa shape index (κ3) is 3.93. The summed E-state index contributed by atoms with van der Waals surface area (Å²) in [6.07, 6.45) is 2.71. The average Bonchev–Trinajstić information content (AvgIpc) is 2.97. The molecule has 0 radical (unpaired) electrons. The maximum atomic E-state index is 13.2. The molecule has 0 aliphatic carbocycles. The van der Waals surface area contributed by atoms with E-state index in [0.29, 0.717) is 12.1 Å². The zero-order valence-electron chi connectivity index (χ0n) is 14.1. The number of halogens is 1. The zero-order chi connectivity index (χ0) is 18.0. The van der Waals surface area contributed by atoms with Crippen LogP contribution in [-0.2, 0) is 9.53 Å². The van der Waals surface area contributed by atoms with E-state index in [1.54, 1.807) is 29.0 Å². The van der Waals surface area contributed by atoms with Crippen LogP contribution in [0.5, 0.6) is 0 Å². The number of cyclic esters (lactones) is 1. The third-order valence-corrected chi connectivity index (χ3v) is 4.01. The van der Waals surface area contributed by atoms with E-state index in [1.165, 1.54) is 12.1 Å². The SMILES string of the molecule is CC(C)c1nnn(-c2ccc(F)cc2)c1C=C[C@H]1C[C@H](O)CC(=O)O1. The topological polar surface area (TPSA) is 77.2 Å². The molecular formula is C18H20FN3O3. The van der Waals surface area contributed by atoms with Gasteiger partial charge in [-0.3, -0.25) is 4.79 Å². The highest BCUT2D eigenvalue weighted by molar-refractivity contribution is 5.71. The molecule has 0 bridgehead atoms. The fourth-order valence-electron chi connectivity index (χ4n) is 2.77. The highest BCUT2D eigenvalue weighted by Gasteiger charge is 2.25. The minimum atomic E-state index is -0.694. The summed E-state index contributed by atoms with van der Waals surface area (Å²) in [5.74, 6) is -0.607. The van der Waals surface area contributed by atoms with Crippen LogP contribution in [0.1, 0.15) is 44.0 Å². The number of carbonyl (C=O) groups excluding carboxylic acids is 1. The van der Waals surface area contributed by atoms with Gasteiger partial charge < -0.3 is 9.84 Å². The summed E-state index contributed by atoms with van der Waals surface area (Å²) >= 11 is 0. The summed E-state index contributed by atoms with van der Waals surface area (Å²) in [5.41, 5.74) is 2.20. The second kappa shape index (κ2) is 7.14. The molecule has 0 saturated carbocycles. The molecule has 0 unspecified atom stereocenters. The molecule has 1 aromatic carbocycles. The van der Waals surface area contributed by atoms with Crippen molar-refractivity contribution in [2.45, 2.75) is 44.8 Å². The number of carbonyl (C=O) groups is 1. The van der Waals surface area contributed by atoms with Crippen LogP contribution < -0.4 is 0 Å². The molecule has 1 fully saturated rings. The number of ether oxygens (including phenoxy) is 1. The molecule has 132 valence electrons. The molecule has 0 spiro atoms. The van der Waals surface area contributed by atoms with Gasteiger partial charge in [0.15, 0.2) is 0 Å². The number of esters is 1. The Balaban J connectivity index is 1.93. The molecule has 1 saturated heterocycles. The first-order valence-corrected chi connectivity index (χ1v) is 8.21. The van der Waals surface area contributed by atoms with Crippen molar-refractivity contribution >= 4 is 12.0 Å². The number of aliphatic hydroxyl groups excluding tert-OH is 1. The first-order chi connectivity index (χ1) is 11.9. The minimum absolute atomic E-state index is 0.0245. The van der Waals surface area contributed by atoms with Crippen LogP contribution in [0.3, 0.4) is 0 Å². The zero-order valence-corrected chi connectivity index (χ0v) is 14.1. The van der Waals surface area contributed by atoms with Crippen molar-refractivity contribution < 1.29 is 19.0 Å². The van der Waals surface area contributed by atoms with Gasteiger partial charge in [0.1, 0.15) is 11.9 Å². The molecule has 2 atom stereocenters. The minimum Gasteiger partial charge on any atom is -0.458 e. The normalized spacial score (nSPS) is 21.1. The summed E-state index contributed by atoms with van der Waals surface area (Å²) in [7, 11) is 0. The Kier molecular flexibility index (Phi) is 4.94. The highest BCUT2D eigenvalue weighted by Crippen LogP contribution is 2.23. The second-order valence-corrected chi connectivity index (χ2v) is 6.38. The van der Waals surface area contributed by atoms with E-state index in [0.717, 1.165) is 11.4 Å². The molecule has 3 rings (SSSR count). The molecule has 1 aliphatic heterocycles. The molecule has 2 heterocycles. The van der Waals surface area contributed by atoms with E-state index in [4.69, 9.17) is 4.74 Å². The van der Waals surface area contributed by atoms with E-state index >= 15 is 0 Å². The van der Waals surface area contributed by atoms with E-state index in [9.17, 15) is 14.3 Å². The Labute approximate surface area is 144 Å². The average molecular weight is 345 g/mol. The van der Waals surface area contributed by atoms with Gasteiger partial charge in [-0.15, -0.1) is 5.10 Å². The highest BCUT2D eigenvalue weighted by atomic mass is 19.1. The lowest BCUT2D eigenvalue weighted by molar-refractivity contribution is -0.156. The van der Waals surface area contributed by atoms with E-state index in [-0.39, 0.29) is 18.2 Å². The van der Waals surface area contributed by atoms with Crippen LogP contribution in [0.2, 0.25) is 0 Å². The van der Waals surface area contributed by atoms with Crippen LogP contribution in [0.15, 0.2) is 30.3 Å². The Morgan fingerprint density at radius 2 is 2.08 bits per heavy atom. The van der Waals surface area contributed by atoms with Crippen molar-refractivity contribution in [3.63, 3.8) is 0 Å². The Hall–Kier alpha value is -2.54. The van der Waals surface area contributed by atoms with Crippen LogP contribution in [-0.4, -0.2) is 38.3 Å². The van der Waals surface area contributed by atoms with Crippen molar-refractivity contribution in [3.8, 4) is 5.69 Å². The molecule has 25 heavy (non-hydrogen) atoms. The molecule has 1 aromatic heterocycles. The van der Waals surface area contributed by atoms with Crippen molar-refractivity contribution in [1.29, 1.82) is 0 Å². The predicted octanol–water partition coefficient (Wildman–Crippen LogP) is 2.61. The summed E-state index contributed by atoms with van der Waals surface area (Å²) in [4.78, 5) is 11.5. The lowest BCUT2D eigenvalue weighted by Gasteiger charge is -2.23. The summed E-state index contributed by atoms with van der Waals surface area (Å²) in [6.45, 7) is 4.00. The lowest BCUT2D eigenvalue weighted by atomic mass is 10.0. The maximum absolute atomic E-state index is 13.2. The van der Waals surface area contributed by atoms with Gasteiger partial charge in [-0.2, -0.15) is 0 Å². The number of aromatic nitrogens is 3. The summed E-state index contributed by atoms with van der Waals surface area (Å²) in [5, 5.41) is 18.1. The standard InChI is InChI=1S/C18H20FN3O3/c1-11(2)18-16(8-7-15-9-14(23)10-17(24)25-15)22(21-20-18)13-5-3-12(19)4-6-13/h3-8,11,14-15,23H,9-10H2,1-2H3/t14-,15-/m0/s1. The van der Waals surface area contributed by atoms with Crippen molar-refractivity contribution in [1.82, 2.24) is 15.0 Å². The Bertz CT molecular complexity index is 783. The van der Waals surface area contributed by atoms with Gasteiger partial charge in [0.05, 0.1) is 29.6 Å². The molecule has 1 N–H and O–H groups in total. The van der Waals surface area contributed by atoms with Gasteiger partial charge >= 0.3 is 5.97 Å². The fourth-order valence-corrected chi connectivity index (χ4v) is 2.77. The van der Waals surface area contributed by atoms with Crippen LogP contribution >= 0.6 is 0 Å². The second-order valence-electron chi connectivity index (χ2n) is 6.38. The third-order valence-electron chi connectivity index (χ3n) is 4.01. The number of nitrogens with zero attached hydrogens (tertiary/aromatic N) is 3. The van der Waals surface area contributed by atoms with E-state index in [2.05, 4.69) is 10.3 Å². The van der Waals surface area contributed by atoms with Gasteiger partial charge in [-0.1, -0.05) is 19.1 Å². The smallest absolute Gasteiger partial charge is 0.309 e. The number of rotatable bonds is 4. The largest absolute Gasteiger partial charge is 0.458 e. The van der Waals surface area contributed by atoms with E-state index in [1.807, 2.05) is 13.8 Å². The molecule has 6 nitrogen and oxygen atoms in total. The predicted molar refractivity (Wildman–Crippen MR) is 89.6 cm³/mol. The van der Waals surface area contributed by atoms with E-state index < -0.39 is 18.2 Å². The number of hydrogen-bond acceptors (Lipinski definition) is 5. The number of aliphatic hydroxyl groups is 1. The molecule has 1 aliphatic rings. The van der Waals surface area contributed by atoms with Crippen LogP contribution in [0, 0.1) is 5.82 Å². The van der Waals surface area contributed by atoms with Crippen LogP contribution in [0.25, 0.3) is 11.8 Å². The Morgan fingerprint density at radius 3 is 2.72 bits per heavy atom. The summed E-state index contributed by atoms with van der Waals surface area (Å²) < 4.78 is 20.0. The first-order valence-electron chi connectivity index (χ1n) is 8.21. The van der Waals surface area contributed by atoms with Gasteiger partial charge in [0, 0.05) is 6.42 Å². The van der Waals surface area contributed by atoms with Crippen molar-refractivity contribution in [3.05, 3.63) is 47.5 Å².